The largest absolute Gasteiger partial charge is 0.490 e. The molecule has 2 aromatic rings. The molecule has 0 spiro atoms. The molecule has 3 heterocycles. The van der Waals surface area contributed by atoms with Crippen molar-refractivity contribution in [1.82, 2.24) is 9.88 Å². The summed E-state index contributed by atoms with van der Waals surface area (Å²) in [5, 5.41) is 21.8. The zero-order valence-electron chi connectivity index (χ0n) is 21.8. The highest BCUT2D eigenvalue weighted by Crippen LogP contribution is 2.25. The van der Waals surface area contributed by atoms with Crippen LogP contribution in [0.2, 0.25) is 0 Å². The van der Waals surface area contributed by atoms with Crippen LogP contribution in [0.1, 0.15) is 34.3 Å². The van der Waals surface area contributed by atoms with Crippen LogP contribution in [-0.2, 0) is 27.4 Å². The van der Waals surface area contributed by atoms with Gasteiger partial charge in [-0.3, -0.25) is 10.4 Å². The molecular weight excluding hydrogens is 580 g/mol. The molecule has 42 heavy (non-hydrogen) atoms. The molecule has 1 aromatic carbocycles. The fourth-order valence-corrected chi connectivity index (χ4v) is 3.88. The quantitative estimate of drug-likeness (QED) is 0.174. The molecule has 0 saturated carbocycles. The number of ether oxygens (including phenoxy) is 1. The summed E-state index contributed by atoms with van der Waals surface area (Å²) in [7, 11) is 0. The number of hydrogen-bond donors (Lipinski definition) is 4. The lowest BCUT2D eigenvalue weighted by molar-refractivity contribution is -0.193. The molecule has 2 aliphatic heterocycles. The van der Waals surface area contributed by atoms with Crippen LogP contribution in [0.3, 0.4) is 0 Å². The van der Waals surface area contributed by atoms with Gasteiger partial charge in [0, 0.05) is 44.3 Å². The summed E-state index contributed by atoms with van der Waals surface area (Å²) in [6.07, 6.45) is -4.52. The number of carboxylic acid groups (broad SMARTS) is 2. The van der Waals surface area contributed by atoms with Gasteiger partial charge in [-0.2, -0.15) is 26.3 Å². The first-order valence-corrected chi connectivity index (χ1v) is 12.1. The van der Waals surface area contributed by atoms with Gasteiger partial charge < -0.3 is 30.5 Å². The SMILES string of the molecule is N=C(N)N1Cc2ccc(C(=O)OCC3CCN(c4ccncc4)CC3)cc2C1.O=C(O)C(F)(F)F.O=C(O)C(F)(F)F. The summed E-state index contributed by atoms with van der Waals surface area (Å²) in [6.45, 7) is 3.58. The fourth-order valence-electron chi connectivity index (χ4n) is 3.88. The number of carbonyl (C=O) groups is 3. The maximum atomic E-state index is 12.5. The predicted octanol–water partition coefficient (Wildman–Crippen LogP) is 3.63. The van der Waals surface area contributed by atoms with Crippen molar-refractivity contribution in [3.05, 3.63) is 59.4 Å². The summed E-state index contributed by atoms with van der Waals surface area (Å²) in [4.78, 5) is 38.4. The Balaban J connectivity index is 0.000000367. The number of pyridine rings is 1. The number of aliphatic carboxylic acids is 2. The van der Waals surface area contributed by atoms with Crippen LogP contribution < -0.4 is 10.6 Å². The topological polar surface area (TPSA) is 170 Å². The molecule has 230 valence electrons. The first kappa shape index (κ1) is 33.6. The van der Waals surface area contributed by atoms with Gasteiger partial charge in [-0.05, 0) is 54.2 Å². The van der Waals surface area contributed by atoms with E-state index in [2.05, 4.69) is 9.88 Å². The first-order chi connectivity index (χ1) is 19.5. The second-order valence-corrected chi connectivity index (χ2v) is 9.06. The average molecular weight is 608 g/mol. The molecule has 2 aliphatic rings. The van der Waals surface area contributed by atoms with Crippen LogP contribution in [-0.4, -0.2) is 76.0 Å². The van der Waals surface area contributed by atoms with Gasteiger partial charge in [-0.1, -0.05) is 6.07 Å². The fraction of sp³-hybridized carbons (Fsp3) is 0.400. The number of hydrogen-bond acceptors (Lipinski definition) is 7. The third-order valence-electron chi connectivity index (χ3n) is 6.08. The second kappa shape index (κ2) is 14.4. The van der Waals surface area contributed by atoms with E-state index >= 15 is 0 Å². The zero-order valence-corrected chi connectivity index (χ0v) is 21.8. The van der Waals surface area contributed by atoms with Crippen molar-refractivity contribution in [2.45, 2.75) is 38.3 Å². The van der Waals surface area contributed by atoms with Crippen molar-refractivity contribution in [1.29, 1.82) is 5.41 Å². The molecule has 17 heteroatoms. The van der Waals surface area contributed by atoms with Gasteiger partial charge in [0.05, 0.1) is 12.2 Å². The van der Waals surface area contributed by atoms with Crippen molar-refractivity contribution in [3.8, 4) is 0 Å². The van der Waals surface area contributed by atoms with Gasteiger partial charge in [0.2, 0.25) is 0 Å². The number of nitrogens with zero attached hydrogens (tertiary/aromatic N) is 3. The number of carboxylic acids is 2. The molecule has 0 radical (unpaired) electrons. The van der Waals surface area contributed by atoms with Gasteiger partial charge in [0.1, 0.15) is 0 Å². The smallest absolute Gasteiger partial charge is 0.475 e. The van der Waals surface area contributed by atoms with E-state index < -0.39 is 24.3 Å². The summed E-state index contributed by atoms with van der Waals surface area (Å²) in [6, 6.07) is 9.66. The second-order valence-electron chi connectivity index (χ2n) is 9.06. The maximum Gasteiger partial charge on any atom is 0.490 e. The summed E-state index contributed by atoms with van der Waals surface area (Å²) < 4.78 is 69.1. The van der Waals surface area contributed by atoms with Crippen LogP contribution in [0.15, 0.2) is 42.7 Å². The van der Waals surface area contributed by atoms with Crippen LogP contribution in [0, 0.1) is 11.3 Å². The molecule has 1 saturated heterocycles. The highest BCUT2D eigenvalue weighted by molar-refractivity contribution is 5.90. The summed E-state index contributed by atoms with van der Waals surface area (Å²) in [5.41, 5.74) is 9.47. The van der Waals surface area contributed by atoms with Crippen LogP contribution >= 0.6 is 0 Å². The van der Waals surface area contributed by atoms with Gasteiger partial charge in [0.15, 0.2) is 5.96 Å². The summed E-state index contributed by atoms with van der Waals surface area (Å²) >= 11 is 0. The van der Waals surface area contributed by atoms with Crippen LogP contribution in [0.25, 0.3) is 0 Å². The Morgan fingerprint density at radius 3 is 1.90 bits per heavy atom. The minimum absolute atomic E-state index is 0.0541. The van der Waals surface area contributed by atoms with E-state index in [4.69, 9.17) is 35.7 Å². The number of nitrogens with two attached hydrogens (primary N) is 1. The van der Waals surface area contributed by atoms with Gasteiger partial charge in [0.25, 0.3) is 0 Å². The number of esters is 1. The number of nitrogens with one attached hydrogen (secondary N) is 1. The number of benzene rings is 1. The van der Waals surface area contributed by atoms with E-state index in [1.807, 2.05) is 36.7 Å². The molecule has 0 atom stereocenters. The van der Waals surface area contributed by atoms with Crippen molar-refractivity contribution < 1.29 is 55.7 Å². The van der Waals surface area contributed by atoms with E-state index in [0.717, 1.165) is 37.1 Å². The van der Waals surface area contributed by atoms with Crippen LogP contribution in [0.5, 0.6) is 0 Å². The number of rotatable bonds is 4. The molecule has 11 nitrogen and oxygen atoms in total. The van der Waals surface area contributed by atoms with Crippen LogP contribution in [0.4, 0.5) is 32.0 Å². The predicted molar refractivity (Wildman–Crippen MR) is 134 cm³/mol. The lowest BCUT2D eigenvalue weighted by Crippen LogP contribution is -2.35. The molecule has 1 aromatic heterocycles. The standard InChI is InChI=1S/C21H25N5O2.2C2HF3O2/c22-21(23)26-12-17-2-1-16(11-18(17)13-26)20(27)28-14-15-5-9-25(10-6-15)19-3-7-24-8-4-19;2*3-2(4,5)1(6)7/h1-4,7-8,11,15H,5-6,9-10,12-14H2,(H3,22,23);2*(H,6,7). The Labute approximate surface area is 235 Å². The van der Waals surface area contributed by atoms with E-state index in [1.165, 1.54) is 5.69 Å². The third-order valence-corrected chi connectivity index (χ3v) is 6.08. The minimum atomic E-state index is -5.08. The average Bonchev–Trinajstić information content (AvgIpc) is 3.36. The van der Waals surface area contributed by atoms with E-state index in [9.17, 15) is 31.1 Å². The van der Waals surface area contributed by atoms with Crippen molar-refractivity contribution in [2.24, 2.45) is 11.7 Å². The van der Waals surface area contributed by atoms with Crippen molar-refractivity contribution >= 4 is 29.6 Å². The lowest BCUT2D eigenvalue weighted by atomic mass is 9.97. The molecule has 5 N–H and O–H groups in total. The Kier molecular flexibility index (Phi) is 11.5. The van der Waals surface area contributed by atoms with Gasteiger partial charge in [-0.25, -0.2) is 14.4 Å². The molecule has 0 bridgehead atoms. The number of carbonyl (C=O) groups excluding carboxylic acids is 1. The first-order valence-electron chi connectivity index (χ1n) is 12.1. The zero-order chi connectivity index (χ0) is 31.7. The number of fused-ring (bicyclic) bond motifs is 1. The third kappa shape index (κ3) is 10.4. The Hall–Kier alpha value is -4.57. The molecular formula is C25H27F6N5O6. The molecule has 0 amide bonds. The van der Waals surface area contributed by atoms with E-state index in [1.54, 1.807) is 11.0 Å². The number of halogens is 6. The minimum Gasteiger partial charge on any atom is -0.475 e. The molecule has 1 fully saturated rings. The van der Waals surface area contributed by atoms with E-state index in [-0.39, 0.29) is 11.9 Å². The Morgan fingerprint density at radius 1 is 0.929 bits per heavy atom. The number of piperidine rings is 1. The monoisotopic (exact) mass is 607 g/mol. The summed E-state index contributed by atoms with van der Waals surface area (Å²) in [5.74, 6) is -5.34. The molecule has 0 unspecified atom stereocenters. The number of guanidine groups is 1. The van der Waals surface area contributed by atoms with Crippen molar-refractivity contribution in [3.63, 3.8) is 0 Å². The highest BCUT2D eigenvalue weighted by Gasteiger charge is 2.38. The van der Waals surface area contributed by atoms with Crippen molar-refractivity contribution in [2.75, 3.05) is 24.6 Å². The number of anilines is 1. The van der Waals surface area contributed by atoms with Gasteiger partial charge in [-0.15, -0.1) is 0 Å². The maximum absolute atomic E-state index is 12.5. The van der Waals surface area contributed by atoms with E-state index in [0.29, 0.717) is 31.2 Å². The normalized spacial score (nSPS) is 14.9. The Morgan fingerprint density at radius 2 is 1.43 bits per heavy atom. The van der Waals surface area contributed by atoms with Gasteiger partial charge >= 0.3 is 30.3 Å². The molecule has 0 aliphatic carbocycles. The number of aromatic nitrogens is 1. The Bertz CT molecular complexity index is 1230. The lowest BCUT2D eigenvalue weighted by Gasteiger charge is -2.33. The molecule has 4 rings (SSSR count). The highest BCUT2D eigenvalue weighted by atomic mass is 19.4. The number of alkyl halides is 6.